The molecule has 1 aliphatic rings. The molecule has 0 amide bonds. The molecule has 0 N–H and O–H groups in total. The highest BCUT2D eigenvalue weighted by Crippen LogP contribution is 2.27. The van der Waals surface area contributed by atoms with Crippen molar-refractivity contribution in [3.8, 4) is 0 Å². The van der Waals surface area contributed by atoms with Gasteiger partial charge in [-0.3, -0.25) is 0 Å². The lowest BCUT2D eigenvalue weighted by Gasteiger charge is -2.31. The Labute approximate surface area is 164 Å². The molecular weight excluding hydrogens is 395 g/mol. The van der Waals surface area contributed by atoms with Crippen molar-refractivity contribution in [1.29, 1.82) is 0 Å². The van der Waals surface area contributed by atoms with Gasteiger partial charge in [0.15, 0.2) is 0 Å². The molecule has 26 heavy (non-hydrogen) atoms. The van der Waals surface area contributed by atoms with E-state index in [0.717, 1.165) is 24.3 Å². The number of nitrogens with zero attached hydrogens (tertiary/aromatic N) is 2. The fourth-order valence-electron chi connectivity index (χ4n) is 2.94. The van der Waals surface area contributed by atoms with Gasteiger partial charge in [0.2, 0.25) is 10.0 Å². The highest BCUT2D eigenvalue weighted by molar-refractivity contribution is 7.89. The number of para-hydroxylation sites is 1. The predicted octanol–water partition coefficient (Wildman–Crippen LogP) is 3.65. The molecule has 0 aliphatic carbocycles. The Kier molecular flexibility index (Phi) is 6.10. The van der Waals surface area contributed by atoms with Crippen LogP contribution in [0, 0.1) is 0 Å². The van der Waals surface area contributed by atoms with Gasteiger partial charge in [0.1, 0.15) is 0 Å². The van der Waals surface area contributed by atoms with Crippen molar-refractivity contribution < 1.29 is 13.2 Å². The summed E-state index contributed by atoms with van der Waals surface area (Å²) in [5.41, 5.74) is 1.97. The molecule has 2 aromatic rings. The molecule has 0 atom stereocenters. The molecular formula is C18H20Cl2N2O3S. The first-order valence-electron chi connectivity index (χ1n) is 8.21. The van der Waals surface area contributed by atoms with Crippen LogP contribution in [0.2, 0.25) is 10.0 Å². The van der Waals surface area contributed by atoms with Gasteiger partial charge in [0.25, 0.3) is 0 Å². The van der Waals surface area contributed by atoms with E-state index in [1.165, 1.54) is 22.5 Å². The van der Waals surface area contributed by atoms with Crippen LogP contribution in [0.3, 0.4) is 0 Å². The van der Waals surface area contributed by atoms with Gasteiger partial charge in [-0.2, -0.15) is 4.31 Å². The second-order valence-electron chi connectivity index (χ2n) is 6.09. The third-order valence-electron chi connectivity index (χ3n) is 4.28. The summed E-state index contributed by atoms with van der Waals surface area (Å²) in [7, 11) is -2.15. The fraction of sp³-hybridized carbons (Fsp3) is 0.333. The summed E-state index contributed by atoms with van der Waals surface area (Å²) in [6.07, 6.45) is 0. The average molecular weight is 415 g/mol. The molecule has 1 heterocycles. The molecule has 8 heteroatoms. The van der Waals surface area contributed by atoms with E-state index in [1.807, 2.05) is 24.3 Å². The van der Waals surface area contributed by atoms with Crippen LogP contribution < -0.4 is 4.90 Å². The second kappa shape index (κ2) is 8.15. The smallest absolute Gasteiger partial charge is 0.243 e. The largest absolute Gasteiger partial charge is 0.378 e. The molecule has 0 radical (unpaired) electrons. The lowest BCUT2D eigenvalue weighted by Crippen LogP contribution is -2.37. The molecule has 3 rings (SSSR count). The number of ether oxygens (including phenoxy) is 1. The van der Waals surface area contributed by atoms with Crippen LogP contribution in [-0.2, 0) is 21.3 Å². The topological polar surface area (TPSA) is 49.9 Å². The molecule has 0 bridgehead atoms. The summed E-state index contributed by atoms with van der Waals surface area (Å²) in [5, 5.41) is 0.580. The minimum Gasteiger partial charge on any atom is -0.378 e. The number of rotatable bonds is 5. The second-order valence-corrected chi connectivity index (χ2v) is 9.01. The lowest BCUT2D eigenvalue weighted by atomic mass is 10.1. The Hall–Kier alpha value is -1.31. The molecule has 1 saturated heterocycles. The SMILES string of the molecule is CN(Cc1ccccc1N1CCOCC1)S(=O)(=O)c1cc(Cl)cc(Cl)c1. The number of sulfonamides is 1. The van der Waals surface area contributed by atoms with Gasteiger partial charge < -0.3 is 9.64 Å². The van der Waals surface area contributed by atoms with Crippen LogP contribution in [-0.4, -0.2) is 46.1 Å². The van der Waals surface area contributed by atoms with E-state index in [2.05, 4.69) is 4.90 Å². The van der Waals surface area contributed by atoms with Crippen molar-refractivity contribution in [2.75, 3.05) is 38.3 Å². The van der Waals surface area contributed by atoms with Gasteiger partial charge in [-0.05, 0) is 29.8 Å². The van der Waals surface area contributed by atoms with E-state index in [4.69, 9.17) is 27.9 Å². The number of benzene rings is 2. The monoisotopic (exact) mass is 414 g/mol. The molecule has 1 aliphatic heterocycles. The van der Waals surface area contributed by atoms with Crippen LogP contribution in [0.15, 0.2) is 47.4 Å². The maximum Gasteiger partial charge on any atom is 0.243 e. The van der Waals surface area contributed by atoms with Crippen LogP contribution in [0.5, 0.6) is 0 Å². The van der Waals surface area contributed by atoms with Crippen molar-refractivity contribution in [2.24, 2.45) is 0 Å². The Morgan fingerprint density at radius 1 is 1.08 bits per heavy atom. The number of hydrogen-bond donors (Lipinski definition) is 0. The van der Waals surface area contributed by atoms with Crippen molar-refractivity contribution in [1.82, 2.24) is 4.31 Å². The van der Waals surface area contributed by atoms with Gasteiger partial charge >= 0.3 is 0 Å². The number of morpholine rings is 1. The van der Waals surface area contributed by atoms with Crippen molar-refractivity contribution in [3.05, 3.63) is 58.1 Å². The van der Waals surface area contributed by atoms with Gasteiger partial charge in [-0.25, -0.2) is 8.42 Å². The zero-order valence-corrected chi connectivity index (χ0v) is 16.7. The van der Waals surface area contributed by atoms with Gasteiger partial charge in [-0.15, -0.1) is 0 Å². The summed E-state index contributed by atoms with van der Waals surface area (Å²) < 4.78 is 32.5. The van der Waals surface area contributed by atoms with E-state index in [0.29, 0.717) is 13.2 Å². The highest BCUT2D eigenvalue weighted by atomic mass is 35.5. The van der Waals surface area contributed by atoms with E-state index >= 15 is 0 Å². The molecule has 1 fully saturated rings. The first kappa shape index (κ1) is 19.5. The summed E-state index contributed by atoms with van der Waals surface area (Å²) >= 11 is 11.9. The Bertz CT molecular complexity index is 864. The fourth-order valence-corrected chi connectivity index (χ4v) is 4.82. The first-order valence-corrected chi connectivity index (χ1v) is 10.4. The summed E-state index contributed by atoms with van der Waals surface area (Å²) in [5.74, 6) is 0. The maximum absolute atomic E-state index is 12.9. The van der Waals surface area contributed by atoms with Crippen molar-refractivity contribution in [2.45, 2.75) is 11.4 Å². The number of halogens is 2. The van der Waals surface area contributed by atoms with Crippen LogP contribution in [0.4, 0.5) is 5.69 Å². The third kappa shape index (κ3) is 4.32. The standard InChI is InChI=1S/C18H20Cl2N2O3S/c1-21(26(23,24)17-11-15(19)10-16(20)12-17)13-14-4-2-3-5-18(14)22-6-8-25-9-7-22/h2-5,10-12H,6-9,13H2,1H3. The van der Waals surface area contributed by atoms with E-state index in [9.17, 15) is 8.42 Å². The molecule has 0 aromatic heterocycles. The molecule has 0 spiro atoms. The first-order chi connectivity index (χ1) is 12.4. The minimum atomic E-state index is -3.71. The molecule has 5 nitrogen and oxygen atoms in total. The van der Waals surface area contributed by atoms with E-state index < -0.39 is 10.0 Å². The molecule has 140 valence electrons. The normalized spacial score (nSPS) is 15.5. The highest BCUT2D eigenvalue weighted by Gasteiger charge is 2.24. The summed E-state index contributed by atoms with van der Waals surface area (Å²) in [4.78, 5) is 2.30. The summed E-state index contributed by atoms with van der Waals surface area (Å²) in [6.45, 7) is 3.17. The van der Waals surface area contributed by atoms with E-state index in [1.54, 1.807) is 7.05 Å². The van der Waals surface area contributed by atoms with Gasteiger partial charge in [0.05, 0.1) is 18.1 Å². The lowest BCUT2D eigenvalue weighted by molar-refractivity contribution is 0.122. The van der Waals surface area contributed by atoms with Gasteiger partial charge in [0, 0.05) is 42.4 Å². The van der Waals surface area contributed by atoms with Crippen LogP contribution in [0.25, 0.3) is 0 Å². The zero-order chi connectivity index (χ0) is 18.7. The molecule has 0 unspecified atom stereocenters. The number of anilines is 1. The zero-order valence-electron chi connectivity index (χ0n) is 14.4. The van der Waals surface area contributed by atoms with Crippen LogP contribution >= 0.6 is 23.2 Å². The van der Waals surface area contributed by atoms with Crippen molar-refractivity contribution >= 4 is 38.9 Å². The van der Waals surface area contributed by atoms with Crippen molar-refractivity contribution in [3.63, 3.8) is 0 Å². The average Bonchev–Trinajstić information content (AvgIpc) is 2.62. The maximum atomic E-state index is 12.9. The molecule has 0 saturated carbocycles. The quantitative estimate of drug-likeness (QED) is 0.748. The molecule has 2 aromatic carbocycles. The summed E-state index contributed by atoms with van der Waals surface area (Å²) in [6, 6.07) is 12.2. The Balaban J connectivity index is 1.86. The predicted molar refractivity (Wildman–Crippen MR) is 105 cm³/mol. The van der Waals surface area contributed by atoms with Crippen LogP contribution in [0.1, 0.15) is 5.56 Å². The van der Waals surface area contributed by atoms with E-state index in [-0.39, 0.29) is 21.5 Å². The number of hydrogen-bond acceptors (Lipinski definition) is 4. The Morgan fingerprint density at radius 2 is 1.69 bits per heavy atom. The Morgan fingerprint density at radius 3 is 2.35 bits per heavy atom. The minimum absolute atomic E-state index is 0.0846. The van der Waals surface area contributed by atoms with Gasteiger partial charge in [-0.1, -0.05) is 41.4 Å². The third-order valence-corrected chi connectivity index (χ3v) is 6.50.